The standard InChI is InChI=1S/C23H34ClNO2/c1-17(2)20-15-23(16-27-22(20)19-5-3-4-6-21(19)24)9-11-25(12-10-23)18-7-13-26-14-8-18/h3-6,17-18,20,22H,7-16H2,1-2H3/t20-,22-/m1/s1. The van der Waals surface area contributed by atoms with E-state index in [0.717, 1.165) is 30.9 Å². The molecule has 0 aliphatic carbocycles. The summed E-state index contributed by atoms with van der Waals surface area (Å²) < 4.78 is 12.1. The fraction of sp³-hybridized carbons (Fsp3) is 0.739. The first-order valence-electron chi connectivity index (χ1n) is 10.8. The van der Waals surface area contributed by atoms with Crippen LogP contribution in [0.4, 0.5) is 0 Å². The Morgan fingerprint density at radius 1 is 1.11 bits per heavy atom. The minimum atomic E-state index is 0.137. The van der Waals surface area contributed by atoms with E-state index >= 15 is 0 Å². The van der Waals surface area contributed by atoms with Crippen molar-refractivity contribution in [3.8, 4) is 0 Å². The topological polar surface area (TPSA) is 21.7 Å². The number of rotatable bonds is 3. The number of hydrogen-bond donors (Lipinski definition) is 0. The van der Waals surface area contributed by atoms with E-state index in [0.29, 0.717) is 17.3 Å². The predicted molar refractivity (Wildman–Crippen MR) is 110 cm³/mol. The maximum atomic E-state index is 6.57. The first-order valence-corrected chi connectivity index (χ1v) is 11.1. The van der Waals surface area contributed by atoms with Crippen LogP contribution in [0.3, 0.4) is 0 Å². The Bertz CT molecular complexity index is 621. The Hall–Kier alpha value is -0.610. The van der Waals surface area contributed by atoms with Crippen LogP contribution < -0.4 is 0 Å². The predicted octanol–water partition coefficient (Wildman–Crippen LogP) is 5.33. The number of nitrogens with zero attached hydrogens (tertiary/aromatic N) is 1. The molecule has 0 radical (unpaired) electrons. The highest BCUT2D eigenvalue weighted by Crippen LogP contribution is 2.50. The molecule has 3 aliphatic rings. The number of halogens is 1. The van der Waals surface area contributed by atoms with Crippen molar-refractivity contribution in [2.75, 3.05) is 32.9 Å². The SMILES string of the molecule is CC(C)[C@H]1CC2(CCN(C3CCOCC3)CC2)CO[C@@H]1c1ccccc1Cl. The van der Waals surface area contributed by atoms with Crippen LogP contribution in [0.25, 0.3) is 0 Å². The molecule has 3 saturated heterocycles. The third kappa shape index (κ3) is 4.22. The lowest BCUT2D eigenvalue weighted by Crippen LogP contribution is -2.51. The van der Waals surface area contributed by atoms with Crippen LogP contribution in [-0.2, 0) is 9.47 Å². The Labute approximate surface area is 169 Å². The van der Waals surface area contributed by atoms with Gasteiger partial charge >= 0.3 is 0 Å². The third-order valence-electron chi connectivity index (χ3n) is 7.26. The van der Waals surface area contributed by atoms with Crippen molar-refractivity contribution in [3.05, 3.63) is 34.9 Å². The van der Waals surface area contributed by atoms with Crippen molar-refractivity contribution < 1.29 is 9.47 Å². The molecule has 3 aliphatic heterocycles. The Morgan fingerprint density at radius 2 is 1.81 bits per heavy atom. The molecule has 4 rings (SSSR count). The van der Waals surface area contributed by atoms with Gasteiger partial charge in [0.25, 0.3) is 0 Å². The van der Waals surface area contributed by atoms with E-state index in [1.54, 1.807) is 0 Å². The van der Waals surface area contributed by atoms with Gasteiger partial charge < -0.3 is 14.4 Å². The van der Waals surface area contributed by atoms with E-state index in [1.165, 1.54) is 50.8 Å². The highest BCUT2D eigenvalue weighted by molar-refractivity contribution is 6.31. The smallest absolute Gasteiger partial charge is 0.0870 e. The van der Waals surface area contributed by atoms with E-state index in [9.17, 15) is 0 Å². The second kappa shape index (κ2) is 8.41. The zero-order valence-electron chi connectivity index (χ0n) is 16.8. The lowest BCUT2D eigenvalue weighted by atomic mass is 9.66. The van der Waals surface area contributed by atoms with Gasteiger partial charge in [-0.05, 0) is 74.1 Å². The van der Waals surface area contributed by atoms with Crippen LogP contribution in [0.1, 0.15) is 57.6 Å². The minimum Gasteiger partial charge on any atom is -0.381 e. The van der Waals surface area contributed by atoms with E-state index in [-0.39, 0.29) is 6.10 Å². The molecule has 0 N–H and O–H groups in total. The number of benzene rings is 1. The van der Waals surface area contributed by atoms with E-state index < -0.39 is 0 Å². The second-order valence-corrected chi connectivity index (χ2v) is 9.65. The average Bonchev–Trinajstić information content (AvgIpc) is 2.70. The Balaban J connectivity index is 1.44. The van der Waals surface area contributed by atoms with Crippen LogP contribution in [0.5, 0.6) is 0 Å². The van der Waals surface area contributed by atoms with E-state index in [1.807, 2.05) is 12.1 Å². The molecule has 4 heteroatoms. The van der Waals surface area contributed by atoms with Crippen molar-refractivity contribution in [1.29, 1.82) is 0 Å². The van der Waals surface area contributed by atoms with Crippen LogP contribution in [0.15, 0.2) is 24.3 Å². The van der Waals surface area contributed by atoms with Gasteiger partial charge in [0.05, 0.1) is 12.7 Å². The summed E-state index contributed by atoms with van der Waals surface area (Å²) in [5.74, 6) is 1.13. The van der Waals surface area contributed by atoms with Crippen LogP contribution in [0, 0.1) is 17.3 Å². The number of ether oxygens (including phenoxy) is 2. The van der Waals surface area contributed by atoms with Crippen LogP contribution in [0.2, 0.25) is 5.02 Å². The molecule has 1 aromatic carbocycles. The second-order valence-electron chi connectivity index (χ2n) is 9.24. The van der Waals surface area contributed by atoms with E-state index in [4.69, 9.17) is 21.1 Å². The highest BCUT2D eigenvalue weighted by atomic mass is 35.5. The molecule has 1 aromatic rings. The zero-order valence-corrected chi connectivity index (χ0v) is 17.6. The number of hydrogen-bond acceptors (Lipinski definition) is 3. The van der Waals surface area contributed by atoms with Gasteiger partial charge in [0, 0.05) is 24.3 Å². The van der Waals surface area contributed by atoms with Crippen molar-refractivity contribution in [1.82, 2.24) is 4.90 Å². The summed E-state index contributed by atoms with van der Waals surface area (Å²) in [6.45, 7) is 9.87. The molecule has 3 heterocycles. The molecule has 150 valence electrons. The summed E-state index contributed by atoms with van der Waals surface area (Å²) in [4.78, 5) is 2.72. The lowest BCUT2D eigenvalue weighted by molar-refractivity contribution is -0.135. The molecular weight excluding hydrogens is 358 g/mol. The molecule has 3 nitrogen and oxygen atoms in total. The Kier molecular flexibility index (Phi) is 6.13. The molecule has 1 spiro atoms. The first kappa shape index (κ1) is 19.7. The molecule has 27 heavy (non-hydrogen) atoms. The summed E-state index contributed by atoms with van der Waals surface area (Å²) in [6, 6.07) is 8.96. The largest absolute Gasteiger partial charge is 0.381 e. The lowest BCUT2D eigenvalue weighted by Gasteiger charge is -2.51. The summed E-state index contributed by atoms with van der Waals surface area (Å²) in [7, 11) is 0. The fourth-order valence-electron chi connectivity index (χ4n) is 5.43. The van der Waals surface area contributed by atoms with Gasteiger partial charge in [-0.3, -0.25) is 0 Å². The van der Waals surface area contributed by atoms with Crippen molar-refractivity contribution in [3.63, 3.8) is 0 Å². The van der Waals surface area contributed by atoms with Gasteiger partial charge in [0.1, 0.15) is 0 Å². The zero-order chi connectivity index (χ0) is 18.9. The van der Waals surface area contributed by atoms with Gasteiger partial charge in [-0.25, -0.2) is 0 Å². The monoisotopic (exact) mass is 391 g/mol. The molecule has 0 aromatic heterocycles. The molecule has 0 unspecified atom stereocenters. The van der Waals surface area contributed by atoms with Crippen molar-refractivity contribution in [2.24, 2.45) is 17.3 Å². The van der Waals surface area contributed by atoms with Gasteiger partial charge in [-0.2, -0.15) is 0 Å². The molecule has 3 fully saturated rings. The minimum absolute atomic E-state index is 0.137. The molecule has 0 bridgehead atoms. The third-order valence-corrected chi connectivity index (χ3v) is 7.60. The average molecular weight is 392 g/mol. The Morgan fingerprint density at radius 3 is 2.48 bits per heavy atom. The molecule has 0 amide bonds. The van der Waals surface area contributed by atoms with Gasteiger partial charge in [0.2, 0.25) is 0 Å². The summed E-state index contributed by atoms with van der Waals surface area (Å²) in [5.41, 5.74) is 1.53. The van der Waals surface area contributed by atoms with Crippen LogP contribution in [-0.4, -0.2) is 43.9 Å². The van der Waals surface area contributed by atoms with Gasteiger partial charge in [-0.1, -0.05) is 43.6 Å². The molecular formula is C23H34ClNO2. The number of piperidine rings is 1. The molecule has 2 atom stereocenters. The maximum Gasteiger partial charge on any atom is 0.0870 e. The first-order chi connectivity index (χ1) is 13.1. The van der Waals surface area contributed by atoms with Gasteiger partial charge in [-0.15, -0.1) is 0 Å². The van der Waals surface area contributed by atoms with Crippen molar-refractivity contribution in [2.45, 2.75) is 58.1 Å². The quantitative estimate of drug-likeness (QED) is 0.694. The fourth-order valence-corrected chi connectivity index (χ4v) is 5.67. The van der Waals surface area contributed by atoms with Crippen molar-refractivity contribution >= 4 is 11.6 Å². The summed E-state index contributed by atoms with van der Waals surface area (Å²) in [6.07, 6.45) is 6.34. The highest BCUT2D eigenvalue weighted by Gasteiger charge is 2.45. The maximum absolute atomic E-state index is 6.57. The summed E-state index contributed by atoms with van der Waals surface area (Å²) >= 11 is 6.51. The molecule has 0 saturated carbocycles. The number of likely N-dealkylation sites (tertiary alicyclic amines) is 1. The normalized spacial score (nSPS) is 30.1. The van der Waals surface area contributed by atoms with Crippen LogP contribution >= 0.6 is 11.6 Å². The summed E-state index contributed by atoms with van der Waals surface area (Å²) in [5, 5.41) is 0.846. The van der Waals surface area contributed by atoms with Gasteiger partial charge in [0.15, 0.2) is 0 Å². The van der Waals surface area contributed by atoms with E-state index in [2.05, 4.69) is 30.9 Å².